The predicted octanol–water partition coefficient (Wildman–Crippen LogP) is 3.12. The van der Waals surface area contributed by atoms with Crippen LogP contribution in [0.2, 0.25) is 5.28 Å². The topological polar surface area (TPSA) is 92.6 Å². The van der Waals surface area contributed by atoms with Gasteiger partial charge >= 0.3 is 0 Å². The van der Waals surface area contributed by atoms with E-state index >= 15 is 0 Å². The predicted molar refractivity (Wildman–Crippen MR) is 102 cm³/mol. The maximum absolute atomic E-state index is 6.01. The Morgan fingerprint density at radius 1 is 1.07 bits per heavy atom. The molecule has 1 N–H and O–H groups in total. The number of nitrogens with one attached hydrogen (secondary N) is 1. The van der Waals surface area contributed by atoms with E-state index in [4.69, 9.17) is 30.5 Å². The van der Waals surface area contributed by atoms with Crippen LogP contribution in [-0.4, -0.2) is 40.8 Å². The van der Waals surface area contributed by atoms with Crippen LogP contribution in [0.3, 0.4) is 0 Å². The third kappa shape index (κ3) is 3.30. The molecule has 10 heteroatoms. The Balaban J connectivity index is 1.66. The van der Waals surface area contributed by atoms with Gasteiger partial charge in [0, 0.05) is 17.7 Å². The molecule has 0 bridgehead atoms. The molecule has 0 aliphatic carbocycles. The Hall–Kier alpha value is -3.04. The van der Waals surface area contributed by atoms with Crippen LogP contribution in [0.15, 0.2) is 24.7 Å². The number of nitrogens with zero attached hydrogens (tertiary/aromatic N) is 4. The number of aromatic nitrogens is 4. The zero-order valence-corrected chi connectivity index (χ0v) is 16.3. The second kappa shape index (κ2) is 7.53. The minimum Gasteiger partial charge on any atom is -0.493 e. The van der Waals surface area contributed by atoms with Gasteiger partial charge in [0.15, 0.2) is 11.5 Å². The molecule has 28 heavy (non-hydrogen) atoms. The lowest BCUT2D eigenvalue weighted by Gasteiger charge is -2.14. The molecule has 0 radical (unpaired) electrons. The summed E-state index contributed by atoms with van der Waals surface area (Å²) in [6, 6.07) is 3.67. The van der Waals surface area contributed by atoms with Crippen molar-refractivity contribution < 1.29 is 18.9 Å². The lowest BCUT2D eigenvalue weighted by molar-refractivity contribution is 0.133. The zero-order valence-electron chi connectivity index (χ0n) is 15.5. The van der Waals surface area contributed by atoms with Crippen LogP contribution in [0.4, 0.5) is 11.6 Å². The number of benzene rings is 1. The number of halogens is 1. The van der Waals surface area contributed by atoms with E-state index in [1.807, 2.05) is 22.9 Å². The summed E-state index contributed by atoms with van der Waals surface area (Å²) in [4.78, 5) is 12.8. The molecule has 4 rings (SSSR count). The average Bonchev–Trinajstić information content (AvgIpc) is 3.36. The number of anilines is 2. The average molecular weight is 404 g/mol. The van der Waals surface area contributed by atoms with Crippen LogP contribution in [-0.2, 0) is 18.0 Å². The van der Waals surface area contributed by atoms with Gasteiger partial charge in [-0.25, -0.2) is 15.0 Å². The van der Waals surface area contributed by atoms with Gasteiger partial charge in [-0.3, -0.25) is 0 Å². The molecule has 1 aliphatic rings. The molecule has 0 saturated heterocycles. The first-order valence-electron chi connectivity index (χ1n) is 8.37. The number of imidazole rings is 1. The zero-order chi connectivity index (χ0) is 19.7. The molecular formula is C18H18ClN5O4. The van der Waals surface area contributed by atoms with Crippen molar-refractivity contribution in [1.29, 1.82) is 0 Å². The maximum Gasteiger partial charge on any atom is 0.224 e. The smallest absolute Gasteiger partial charge is 0.224 e. The van der Waals surface area contributed by atoms with Crippen LogP contribution in [0.25, 0.3) is 5.69 Å². The highest BCUT2D eigenvalue weighted by Crippen LogP contribution is 2.39. The van der Waals surface area contributed by atoms with Gasteiger partial charge in [0.05, 0.1) is 52.1 Å². The van der Waals surface area contributed by atoms with E-state index in [1.165, 1.54) is 0 Å². The number of methoxy groups -OCH3 is 3. The fourth-order valence-electron chi connectivity index (χ4n) is 2.99. The molecule has 2 aromatic heterocycles. The summed E-state index contributed by atoms with van der Waals surface area (Å²) in [5, 5.41) is 3.34. The van der Waals surface area contributed by atoms with Gasteiger partial charge in [0.1, 0.15) is 18.0 Å². The summed E-state index contributed by atoms with van der Waals surface area (Å²) in [6.07, 6.45) is 3.49. The Labute approximate surface area is 166 Å². The fourth-order valence-corrected chi connectivity index (χ4v) is 3.18. The van der Waals surface area contributed by atoms with Gasteiger partial charge < -0.3 is 28.8 Å². The first-order chi connectivity index (χ1) is 13.6. The van der Waals surface area contributed by atoms with Crippen LogP contribution in [0.5, 0.6) is 17.2 Å². The molecule has 0 atom stereocenters. The number of hydrogen-bond donors (Lipinski definition) is 1. The van der Waals surface area contributed by atoms with Crippen molar-refractivity contribution in [2.45, 2.75) is 13.2 Å². The van der Waals surface area contributed by atoms with Gasteiger partial charge in [-0.05, 0) is 11.6 Å². The lowest BCUT2D eigenvalue weighted by atomic mass is 10.2. The number of ether oxygens (including phenoxy) is 4. The highest BCUT2D eigenvalue weighted by atomic mass is 35.5. The first kappa shape index (κ1) is 18.3. The second-order valence-electron chi connectivity index (χ2n) is 5.93. The van der Waals surface area contributed by atoms with Gasteiger partial charge in [-0.1, -0.05) is 0 Å². The van der Waals surface area contributed by atoms with E-state index in [9.17, 15) is 0 Å². The molecule has 0 fully saturated rings. The van der Waals surface area contributed by atoms with E-state index in [2.05, 4.69) is 20.3 Å². The van der Waals surface area contributed by atoms with E-state index in [0.717, 1.165) is 16.9 Å². The highest BCUT2D eigenvalue weighted by Gasteiger charge is 2.20. The second-order valence-corrected chi connectivity index (χ2v) is 6.27. The Morgan fingerprint density at radius 3 is 2.50 bits per heavy atom. The highest BCUT2D eigenvalue weighted by molar-refractivity contribution is 6.28. The molecule has 0 unspecified atom stereocenters. The van der Waals surface area contributed by atoms with Crippen LogP contribution < -0.4 is 19.5 Å². The molecule has 3 aromatic rings. The van der Waals surface area contributed by atoms with Gasteiger partial charge in [-0.2, -0.15) is 0 Å². The van der Waals surface area contributed by atoms with Gasteiger partial charge in [0.2, 0.25) is 11.0 Å². The monoisotopic (exact) mass is 403 g/mol. The van der Waals surface area contributed by atoms with E-state index < -0.39 is 0 Å². The van der Waals surface area contributed by atoms with Crippen LogP contribution in [0.1, 0.15) is 11.3 Å². The number of hydrogen-bond acceptors (Lipinski definition) is 8. The normalized spacial score (nSPS) is 12.6. The van der Waals surface area contributed by atoms with Gasteiger partial charge in [-0.15, -0.1) is 0 Å². The van der Waals surface area contributed by atoms with Crippen molar-refractivity contribution in [2.24, 2.45) is 0 Å². The third-order valence-corrected chi connectivity index (χ3v) is 4.50. The summed E-state index contributed by atoms with van der Waals surface area (Å²) in [5.41, 5.74) is 2.46. The molecular weight excluding hydrogens is 386 g/mol. The quantitative estimate of drug-likeness (QED) is 0.627. The molecule has 3 heterocycles. The third-order valence-electron chi connectivity index (χ3n) is 4.33. The Bertz CT molecular complexity index is 998. The molecule has 146 valence electrons. The summed E-state index contributed by atoms with van der Waals surface area (Å²) in [5.74, 6) is 2.81. The standard InChI is InChI=1S/C18H18ClN5O4/c1-25-13-4-10(5-14(26-2)16(13)27-3)24-6-15(20-9-24)22-17-11-7-28-8-12(11)21-18(19)23-17/h4-6,9H,7-8H2,1-3H3,(H,21,22,23). The van der Waals surface area contributed by atoms with Crippen molar-refractivity contribution in [2.75, 3.05) is 26.6 Å². The first-order valence-corrected chi connectivity index (χ1v) is 8.75. The van der Waals surface area contributed by atoms with Gasteiger partial charge in [0.25, 0.3) is 0 Å². The van der Waals surface area contributed by atoms with Crippen molar-refractivity contribution in [3.05, 3.63) is 41.2 Å². The molecule has 1 aromatic carbocycles. The summed E-state index contributed by atoms with van der Waals surface area (Å²) in [6.45, 7) is 0.856. The maximum atomic E-state index is 6.01. The Morgan fingerprint density at radius 2 is 1.82 bits per heavy atom. The van der Waals surface area contributed by atoms with E-state index in [-0.39, 0.29) is 5.28 Å². The van der Waals surface area contributed by atoms with Crippen LogP contribution >= 0.6 is 11.6 Å². The Kier molecular flexibility index (Phi) is 4.93. The SMILES string of the molecule is COc1cc(-n2cnc(Nc3nc(Cl)nc4c3COC4)c2)cc(OC)c1OC. The minimum atomic E-state index is 0.163. The van der Waals surface area contributed by atoms with Crippen LogP contribution in [0, 0.1) is 0 Å². The van der Waals surface area contributed by atoms with E-state index in [1.54, 1.807) is 27.7 Å². The molecule has 0 spiro atoms. The largest absolute Gasteiger partial charge is 0.493 e. The van der Waals surface area contributed by atoms with Crippen molar-refractivity contribution in [1.82, 2.24) is 19.5 Å². The minimum absolute atomic E-state index is 0.163. The summed E-state index contributed by atoms with van der Waals surface area (Å²) < 4.78 is 23.4. The summed E-state index contributed by atoms with van der Waals surface area (Å²) >= 11 is 6.01. The number of fused-ring (bicyclic) bond motifs is 1. The van der Waals surface area contributed by atoms with E-state index in [0.29, 0.717) is 42.1 Å². The number of rotatable bonds is 6. The van der Waals surface area contributed by atoms with Crippen molar-refractivity contribution >= 4 is 23.2 Å². The molecule has 9 nitrogen and oxygen atoms in total. The molecule has 1 aliphatic heterocycles. The lowest BCUT2D eigenvalue weighted by Crippen LogP contribution is -2.02. The fraction of sp³-hybridized carbons (Fsp3) is 0.278. The summed E-state index contributed by atoms with van der Waals surface area (Å²) in [7, 11) is 4.71. The molecule has 0 saturated carbocycles. The molecule has 0 amide bonds. The van der Waals surface area contributed by atoms with Crippen molar-refractivity contribution in [3.8, 4) is 22.9 Å². The van der Waals surface area contributed by atoms with Crippen molar-refractivity contribution in [3.63, 3.8) is 0 Å².